The zero-order chi connectivity index (χ0) is 8.39. The van der Waals surface area contributed by atoms with Crippen molar-refractivity contribution in [3.05, 3.63) is 29.8 Å². The van der Waals surface area contributed by atoms with Crippen LogP contribution in [0, 0.1) is 0 Å². The first-order valence-corrected chi connectivity index (χ1v) is 4.45. The predicted octanol–water partition coefficient (Wildman–Crippen LogP) is 1.42. The van der Waals surface area contributed by atoms with Crippen LogP contribution in [-0.2, 0) is 6.42 Å². The van der Waals surface area contributed by atoms with Crippen LogP contribution in [0.3, 0.4) is 0 Å². The Morgan fingerprint density at radius 2 is 2.25 bits per heavy atom. The van der Waals surface area contributed by atoms with E-state index in [2.05, 4.69) is 23.6 Å². The van der Waals surface area contributed by atoms with Gasteiger partial charge in [0.25, 0.3) is 0 Å². The van der Waals surface area contributed by atoms with E-state index in [9.17, 15) is 0 Å². The molecular weight excluding hydrogens is 170 g/mol. The van der Waals surface area contributed by atoms with Crippen LogP contribution >= 0.6 is 12.8 Å². The van der Waals surface area contributed by atoms with Crippen molar-refractivity contribution >= 4 is 12.8 Å². The molecule has 0 spiro atoms. The number of rotatable bonds is 1. The molecule has 2 rings (SSSR count). The normalized spacial score (nSPS) is 21.2. The maximum atomic E-state index is 5.52. The molecule has 1 heterocycles. The van der Waals surface area contributed by atoms with Crippen molar-refractivity contribution in [1.29, 1.82) is 0 Å². The number of fused-ring (bicyclic) bond motifs is 1. The molecule has 0 amide bonds. The van der Waals surface area contributed by atoms with Crippen LogP contribution < -0.4 is 9.46 Å². The van der Waals surface area contributed by atoms with Crippen LogP contribution in [0.25, 0.3) is 0 Å². The van der Waals surface area contributed by atoms with Crippen LogP contribution in [0.4, 0.5) is 0 Å². The van der Waals surface area contributed by atoms with Crippen molar-refractivity contribution in [3.63, 3.8) is 0 Å². The summed E-state index contributed by atoms with van der Waals surface area (Å²) in [5.41, 5.74) is 1.26. The molecule has 0 bridgehead atoms. The Morgan fingerprint density at radius 1 is 1.42 bits per heavy atom. The number of ether oxygens (including phenoxy) is 1. The van der Waals surface area contributed by atoms with E-state index in [0.717, 1.165) is 12.2 Å². The fourth-order valence-corrected chi connectivity index (χ4v) is 1.58. The molecule has 0 saturated heterocycles. The van der Waals surface area contributed by atoms with E-state index in [4.69, 9.17) is 4.74 Å². The van der Waals surface area contributed by atoms with E-state index in [1.807, 2.05) is 18.2 Å². The Kier molecular flexibility index (Phi) is 2.23. The first kappa shape index (κ1) is 7.95. The second kappa shape index (κ2) is 3.37. The molecule has 1 aliphatic heterocycles. The highest BCUT2D eigenvalue weighted by Crippen LogP contribution is 2.23. The van der Waals surface area contributed by atoms with Crippen molar-refractivity contribution in [2.45, 2.75) is 12.5 Å². The largest absolute Gasteiger partial charge is 0.492 e. The summed E-state index contributed by atoms with van der Waals surface area (Å²) in [6.45, 7) is 0.709. The van der Waals surface area contributed by atoms with E-state index in [0.29, 0.717) is 12.6 Å². The highest BCUT2D eigenvalue weighted by molar-refractivity contribution is 7.78. The molecular formula is C9H11NOS. The van der Waals surface area contributed by atoms with Crippen LogP contribution in [0.5, 0.6) is 5.75 Å². The van der Waals surface area contributed by atoms with E-state index >= 15 is 0 Å². The summed E-state index contributed by atoms with van der Waals surface area (Å²) in [6.07, 6.45) is 1.000. The van der Waals surface area contributed by atoms with Crippen molar-refractivity contribution < 1.29 is 4.74 Å². The van der Waals surface area contributed by atoms with Crippen LogP contribution in [0.1, 0.15) is 5.56 Å². The average molecular weight is 181 g/mol. The number of nitrogens with one attached hydrogen (secondary N) is 1. The molecule has 1 aliphatic rings. The number of thiol groups is 1. The van der Waals surface area contributed by atoms with Gasteiger partial charge in [-0.05, 0) is 18.1 Å². The minimum absolute atomic E-state index is 0.336. The fraction of sp³-hybridized carbons (Fsp3) is 0.333. The Balaban J connectivity index is 2.23. The van der Waals surface area contributed by atoms with Crippen LogP contribution in [0.2, 0.25) is 0 Å². The summed E-state index contributed by atoms with van der Waals surface area (Å²) in [5.74, 6) is 1.01. The zero-order valence-electron chi connectivity index (χ0n) is 6.66. The topological polar surface area (TPSA) is 21.3 Å². The number of hydrogen-bond acceptors (Lipinski definition) is 3. The summed E-state index contributed by atoms with van der Waals surface area (Å²) < 4.78 is 8.43. The molecule has 1 aromatic carbocycles. The second-order valence-corrected chi connectivity index (χ2v) is 3.21. The lowest BCUT2D eigenvalue weighted by molar-refractivity contribution is 0.257. The highest BCUT2D eigenvalue weighted by atomic mass is 32.1. The third-order valence-electron chi connectivity index (χ3n) is 2.06. The van der Waals surface area contributed by atoms with Gasteiger partial charge in [-0.15, -0.1) is 0 Å². The van der Waals surface area contributed by atoms with Gasteiger partial charge in [0.2, 0.25) is 0 Å². The average Bonchev–Trinajstić information content (AvgIpc) is 2.17. The Labute approximate surface area is 77.5 Å². The molecule has 3 heteroatoms. The third kappa shape index (κ3) is 1.42. The molecule has 64 valence electrons. The summed E-state index contributed by atoms with van der Waals surface area (Å²) in [5, 5.41) is 0. The summed E-state index contributed by atoms with van der Waals surface area (Å²) in [6, 6.07) is 8.45. The summed E-state index contributed by atoms with van der Waals surface area (Å²) in [4.78, 5) is 0. The van der Waals surface area contributed by atoms with Crippen molar-refractivity contribution in [1.82, 2.24) is 4.72 Å². The maximum absolute atomic E-state index is 5.52. The third-order valence-corrected chi connectivity index (χ3v) is 2.43. The van der Waals surface area contributed by atoms with Crippen molar-refractivity contribution in [3.8, 4) is 5.75 Å². The van der Waals surface area contributed by atoms with Gasteiger partial charge in [0, 0.05) is 0 Å². The van der Waals surface area contributed by atoms with Gasteiger partial charge in [0.05, 0.1) is 6.04 Å². The monoisotopic (exact) mass is 181 g/mol. The minimum atomic E-state index is 0.336. The lowest BCUT2D eigenvalue weighted by Gasteiger charge is -2.24. The quantitative estimate of drug-likeness (QED) is 0.639. The summed E-state index contributed by atoms with van der Waals surface area (Å²) in [7, 11) is 0. The summed E-state index contributed by atoms with van der Waals surface area (Å²) >= 11 is 4.03. The molecule has 0 fully saturated rings. The molecule has 0 aromatic heterocycles. The van der Waals surface area contributed by atoms with Gasteiger partial charge < -0.3 is 4.74 Å². The lowest BCUT2D eigenvalue weighted by Crippen LogP contribution is -2.34. The zero-order valence-corrected chi connectivity index (χ0v) is 7.55. The van der Waals surface area contributed by atoms with Crippen molar-refractivity contribution in [2.24, 2.45) is 0 Å². The minimum Gasteiger partial charge on any atom is -0.492 e. The lowest BCUT2D eigenvalue weighted by atomic mass is 10.0. The predicted molar refractivity (Wildman–Crippen MR) is 51.6 cm³/mol. The molecule has 1 atom stereocenters. The fourth-order valence-electron chi connectivity index (χ4n) is 1.41. The van der Waals surface area contributed by atoms with Crippen LogP contribution in [-0.4, -0.2) is 12.6 Å². The second-order valence-electron chi connectivity index (χ2n) is 2.95. The number of para-hydroxylation sites is 1. The molecule has 1 N–H and O–H groups in total. The van der Waals surface area contributed by atoms with E-state index in [-0.39, 0.29) is 0 Å². The van der Waals surface area contributed by atoms with E-state index < -0.39 is 0 Å². The standard InChI is InChI=1S/C9H11NOS/c12-10-8-5-7-3-1-2-4-9(7)11-6-8/h1-4,8,10,12H,5-6H2. The maximum Gasteiger partial charge on any atom is 0.122 e. The van der Waals surface area contributed by atoms with Gasteiger partial charge in [-0.2, -0.15) is 0 Å². The van der Waals surface area contributed by atoms with E-state index in [1.54, 1.807) is 0 Å². The van der Waals surface area contributed by atoms with Crippen molar-refractivity contribution in [2.75, 3.05) is 6.61 Å². The van der Waals surface area contributed by atoms with Gasteiger partial charge in [0.15, 0.2) is 0 Å². The molecule has 12 heavy (non-hydrogen) atoms. The van der Waals surface area contributed by atoms with Gasteiger partial charge >= 0.3 is 0 Å². The molecule has 0 aliphatic carbocycles. The van der Waals surface area contributed by atoms with Gasteiger partial charge in [-0.3, -0.25) is 4.72 Å². The molecule has 0 radical (unpaired) electrons. The molecule has 1 unspecified atom stereocenters. The Bertz CT molecular complexity index is 277. The highest BCUT2D eigenvalue weighted by Gasteiger charge is 2.17. The Hall–Kier alpha value is -0.670. The SMILES string of the molecule is SNC1COc2ccccc2C1. The van der Waals surface area contributed by atoms with Gasteiger partial charge in [-0.25, -0.2) is 0 Å². The number of hydrogen-bond donors (Lipinski definition) is 2. The van der Waals surface area contributed by atoms with Gasteiger partial charge in [-0.1, -0.05) is 31.0 Å². The molecule has 0 saturated carbocycles. The van der Waals surface area contributed by atoms with E-state index in [1.165, 1.54) is 5.56 Å². The molecule has 1 aromatic rings. The first-order chi connectivity index (χ1) is 5.90. The Morgan fingerprint density at radius 3 is 3.08 bits per heavy atom. The first-order valence-electron chi connectivity index (χ1n) is 4.00. The van der Waals surface area contributed by atoms with Crippen LogP contribution in [0.15, 0.2) is 24.3 Å². The van der Waals surface area contributed by atoms with Gasteiger partial charge in [0.1, 0.15) is 12.4 Å². The molecule has 2 nitrogen and oxygen atoms in total. The number of benzene rings is 1. The smallest absolute Gasteiger partial charge is 0.122 e.